The molecule has 0 bridgehead atoms. The van der Waals surface area contributed by atoms with Crippen molar-refractivity contribution in [3.05, 3.63) is 0 Å². The molecule has 0 unspecified atom stereocenters. The fraction of sp³-hybridized carbons (Fsp3) is 1.00. The summed E-state index contributed by atoms with van der Waals surface area (Å²) in [6, 6.07) is 0. The molecule has 0 radical (unpaired) electrons. The second-order valence-corrected chi connectivity index (χ2v) is 3.34. The van der Waals surface area contributed by atoms with Crippen LogP contribution in [0.25, 0.3) is 0 Å². The van der Waals surface area contributed by atoms with Crippen molar-refractivity contribution in [2.75, 3.05) is 13.2 Å². The smallest absolute Gasteiger partial charge is 0.186 e. The first kappa shape index (κ1) is 11.8. The van der Waals surface area contributed by atoms with Crippen molar-refractivity contribution in [3.63, 3.8) is 0 Å². The Bertz CT molecular complexity index is 179. The molecule has 1 heterocycles. The van der Waals surface area contributed by atoms with E-state index in [-0.39, 0.29) is 6.61 Å². The van der Waals surface area contributed by atoms with Crippen LogP contribution < -0.4 is 5.73 Å². The number of rotatable bonds is 3. The first-order chi connectivity index (χ1) is 6.57. The summed E-state index contributed by atoms with van der Waals surface area (Å²) >= 11 is 0. The van der Waals surface area contributed by atoms with E-state index >= 15 is 0 Å². The summed E-state index contributed by atoms with van der Waals surface area (Å²) in [6.45, 7) is 2.13. The minimum Gasteiger partial charge on any atom is -0.388 e. The Morgan fingerprint density at radius 1 is 1.21 bits per heavy atom. The van der Waals surface area contributed by atoms with Crippen molar-refractivity contribution in [2.24, 2.45) is 5.73 Å². The van der Waals surface area contributed by atoms with Crippen LogP contribution in [0.3, 0.4) is 0 Å². The van der Waals surface area contributed by atoms with Crippen molar-refractivity contribution in [2.45, 2.75) is 37.6 Å². The van der Waals surface area contributed by atoms with E-state index in [1.165, 1.54) is 0 Å². The molecule has 6 nitrogen and oxygen atoms in total. The molecule has 1 aliphatic rings. The SMILES string of the molecule is C[C@@H]1O[C@@H](OCCN)[C@H](O)[C@H](O)[C@H]1O. The fourth-order valence-corrected chi connectivity index (χ4v) is 1.34. The molecule has 1 fully saturated rings. The van der Waals surface area contributed by atoms with Crippen molar-refractivity contribution in [3.8, 4) is 0 Å². The lowest BCUT2D eigenvalue weighted by Gasteiger charge is -2.38. The normalized spacial score (nSPS) is 43.9. The monoisotopic (exact) mass is 207 g/mol. The van der Waals surface area contributed by atoms with Gasteiger partial charge in [-0.2, -0.15) is 0 Å². The van der Waals surface area contributed by atoms with Crippen molar-refractivity contribution in [1.82, 2.24) is 0 Å². The lowest BCUT2D eigenvalue weighted by atomic mass is 10.0. The summed E-state index contributed by atoms with van der Waals surface area (Å²) in [4.78, 5) is 0. The highest BCUT2D eigenvalue weighted by Crippen LogP contribution is 2.21. The van der Waals surface area contributed by atoms with E-state index in [1.807, 2.05) is 0 Å². The van der Waals surface area contributed by atoms with Gasteiger partial charge in [0.25, 0.3) is 0 Å². The van der Waals surface area contributed by atoms with E-state index in [0.717, 1.165) is 0 Å². The van der Waals surface area contributed by atoms with E-state index < -0.39 is 30.7 Å². The molecule has 0 spiro atoms. The van der Waals surface area contributed by atoms with Crippen LogP contribution in [0, 0.1) is 0 Å². The van der Waals surface area contributed by atoms with Crippen LogP contribution in [0.2, 0.25) is 0 Å². The Kier molecular flexibility index (Phi) is 4.24. The molecule has 6 heteroatoms. The summed E-state index contributed by atoms with van der Waals surface area (Å²) in [5.74, 6) is 0. The van der Waals surface area contributed by atoms with E-state index in [2.05, 4.69) is 0 Å². The molecule has 5 N–H and O–H groups in total. The Labute approximate surface area is 82.2 Å². The number of hydrogen-bond acceptors (Lipinski definition) is 6. The Hall–Kier alpha value is -0.240. The molecule has 0 aromatic heterocycles. The highest BCUT2D eigenvalue weighted by molar-refractivity contribution is 4.87. The van der Waals surface area contributed by atoms with E-state index in [1.54, 1.807) is 6.92 Å². The van der Waals surface area contributed by atoms with Gasteiger partial charge in [-0.25, -0.2) is 0 Å². The molecule has 0 aromatic rings. The first-order valence-electron chi connectivity index (χ1n) is 4.59. The summed E-state index contributed by atoms with van der Waals surface area (Å²) in [6.07, 6.45) is -5.08. The maximum atomic E-state index is 9.45. The van der Waals surface area contributed by atoms with Gasteiger partial charge in [0, 0.05) is 6.54 Å². The van der Waals surface area contributed by atoms with E-state index in [0.29, 0.717) is 6.54 Å². The van der Waals surface area contributed by atoms with Crippen LogP contribution in [0.1, 0.15) is 6.92 Å². The zero-order chi connectivity index (χ0) is 10.7. The third-order valence-corrected chi connectivity index (χ3v) is 2.21. The lowest BCUT2D eigenvalue weighted by Crippen LogP contribution is -2.57. The average molecular weight is 207 g/mol. The Balaban J connectivity index is 2.52. The number of ether oxygens (including phenoxy) is 2. The van der Waals surface area contributed by atoms with Gasteiger partial charge in [-0.3, -0.25) is 0 Å². The molecule has 14 heavy (non-hydrogen) atoms. The van der Waals surface area contributed by atoms with Crippen molar-refractivity contribution < 1.29 is 24.8 Å². The zero-order valence-electron chi connectivity index (χ0n) is 8.04. The van der Waals surface area contributed by atoms with Crippen LogP contribution >= 0.6 is 0 Å². The fourth-order valence-electron chi connectivity index (χ4n) is 1.34. The third kappa shape index (κ3) is 2.41. The van der Waals surface area contributed by atoms with Crippen LogP contribution in [-0.4, -0.2) is 59.2 Å². The molecule has 1 aliphatic heterocycles. The predicted octanol–water partition coefficient (Wildman–Crippen LogP) is -2.21. The number of aliphatic hydroxyl groups is 3. The van der Waals surface area contributed by atoms with Crippen LogP contribution in [0.4, 0.5) is 0 Å². The predicted molar refractivity (Wildman–Crippen MR) is 47.4 cm³/mol. The van der Waals surface area contributed by atoms with Gasteiger partial charge in [-0.15, -0.1) is 0 Å². The quantitative estimate of drug-likeness (QED) is 0.418. The average Bonchev–Trinajstić information content (AvgIpc) is 2.18. The zero-order valence-corrected chi connectivity index (χ0v) is 8.04. The van der Waals surface area contributed by atoms with Crippen LogP contribution in [0.15, 0.2) is 0 Å². The van der Waals surface area contributed by atoms with Gasteiger partial charge in [-0.1, -0.05) is 0 Å². The second-order valence-electron chi connectivity index (χ2n) is 3.34. The highest BCUT2D eigenvalue weighted by atomic mass is 16.7. The second kappa shape index (κ2) is 5.01. The molecule has 1 saturated heterocycles. The van der Waals surface area contributed by atoms with Gasteiger partial charge in [-0.05, 0) is 6.92 Å². The standard InChI is InChI=1S/C8H17NO5/c1-4-5(10)6(11)7(12)8(14-4)13-3-2-9/h4-8,10-12H,2-3,9H2,1H3/t4-,5-,6+,7+,8+/m0/s1. The molecule has 1 rings (SSSR count). The lowest BCUT2D eigenvalue weighted by molar-refractivity contribution is -0.292. The third-order valence-electron chi connectivity index (χ3n) is 2.21. The first-order valence-corrected chi connectivity index (χ1v) is 4.59. The van der Waals surface area contributed by atoms with Crippen molar-refractivity contribution in [1.29, 1.82) is 0 Å². The molecule has 84 valence electrons. The van der Waals surface area contributed by atoms with Crippen molar-refractivity contribution >= 4 is 0 Å². The van der Waals surface area contributed by atoms with E-state index in [4.69, 9.17) is 15.2 Å². The number of nitrogens with two attached hydrogens (primary N) is 1. The molecule has 5 atom stereocenters. The Morgan fingerprint density at radius 2 is 1.86 bits per heavy atom. The van der Waals surface area contributed by atoms with Crippen LogP contribution in [0.5, 0.6) is 0 Å². The van der Waals surface area contributed by atoms with Gasteiger partial charge in [0.05, 0.1) is 12.7 Å². The number of aliphatic hydroxyl groups excluding tert-OH is 3. The maximum absolute atomic E-state index is 9.45. The largest absolute Gasteiger partial charge is 0.388 e. The Morgan fingerprint density at radius 3 is 2.43 bits per heavy atom. The van der Waals surface area contributed by atoms with Gasteiger partial charge in [0.1, 0.15) is 18.3 Å². The van der Waals surface area contributed by atoms with Gasteiger partial charge < -0.3 is 30.5 Å². The van der Waals surface area contributed by atoms with E-state index in [9.17, 15) is 15.3 Å². The minimum absolute atomic E-state index is 0.233. The summed E-state index contributed by atoms with van der Waals surface area (Å²) in [5.41, 5.74) is 5.21. The summed E-state index contributed by atoms with van der Waals surface area (Å²) < 4.78 is 10.2. The molecule has 0 aromatic carbocycles. The topological polar surface area (TPSA) is 105 Å². The molecular weight excluding hydrogens is 190 g/mol. The number of hydrogen-bond donors (Lipinski definition) is 4. The van der Waals surface area contributed by atoms with Gasteiger partial charge in [0.15, 0.2) is 6.29 Å². The van der Waals surface area contributed by atoms with Crippen LogP contribution in [-0.2, 0) is 9.47 Å². The van der Waals surface area contributed by atoms with Gasteiger partial charge in [0.2, 0.25) is 0 Å². The highest BCUT2D eigenvalue weighted by Gasteiger charge is 2.42. The maximum Gasteiger partial charge on any atom is 0.186 e. The van der Waals surface area contributed by atoms with Gasteiger partial charge >= 0.3 is 0 Å². The summed E-state index contributed by atoms with van der Waals surface area (Å²) in [7, 11) is 0. The molecule has 0 amide bonds. The minimum atomic E-state index is -1.25. The molecule has 0 saturated carbocycles. The molecule has 0 aliphatic carbocycles. The molecular formula is C8H17NO5. The summed E-state index contributed by atoms with van der Waals surface area (Å²) in [5, 5.41) is 28.2.